The molecule has 2 aromatic heterocycles. The number of carbonyl (C=O) groups is 1. The quantitative estimate of drug-likeness (QED) is 0.356. The molecule has 0 spiro atoms. The molecule has 3 heterocycles. The summed E-state index contributed by atoms with van der Waals surface area (Å²) in [7, 11) is 0. The van der Waals surface area contributed by atoms with E-state index < -0.39 is 0 Å². The lowest BCUT2D eigenvalue weighted by Gasteiger charge is -2.30. The van der Waals surface area contributed by atoms with E-state index >= 15 is 0 Å². The van der Waals surface area contributed by atoms with Crippen molar-refractivity contribution >= 4 is 16.8 Å². The highest BCUT2D eigenvalue weighted by molar-refractivity contribution is 5.96. The number of piperidine rings is 1. The predicted molar refractivity (Wildman–Crippen MR) is 142 cm³/mol. The van der Waals surface area contributed by atoms with Crippen LogP contribution in [0.15, 0.2) is 67.1 Å². The molecule has 4 aromatic rings. The first kappa shape index (κ1) is 24.0. The molecule has 0 bridgehead atoms. The number of H-pyrrole nitrogens is 1. The maximum atomic E-state index is 13.9. The van der Waals surface area contributed by atoms with Gasteiger partial charge in [-0.1, -0.05) is 36.8 Å². The molecule has 7 heteroatoms. The zero-order chi connectivity index (χ0) is 24.7. The van der Waals surface area contributed by atoms with Crippen molar-refractivity contribution in [2.24, 2.45) is 0 Å². The van der Waals surface area contributed by atoms with Gasteiger partial charge in [-0.25, -0.2) is 0 Å². The number of aromatic amines is 1. The van der Waals surface area contributed by atoms with Gasteiger partial charge in [-0.05, 0) is 56.6 Å². The van der Waals surface area contributed by atoms with Crippen LogP contribution in [0.2, 0.25) is 0 Å². The second-order valence-corrected chi connectivity index (χ2v) is 9.27. The molecule has 1 N–H and O–H groups in total. The number of pyridine rings is 1. The van der Waals surface area contributed by atoms with Gasteiger partial charge in [0.15, 0.2) is 0 Å². The standard InChI is InChI=1S/C29H33N5O2/c1-2-36-27-17-23(11-12-26(27)22-9-5-3-6-10-22)29(35)34(16-15-33-13-7-4-8-14-33)21-25-19-30-18-24-20-31-32-28(24)25/h3,5-6,9-12,17-20H,2,4,7-8,13-16,21H2,1H3,(H,31,32). The topological polar surface area (TPSA) is 74.3 Å². The minimum atomic E-state index is -0.0101. The summed E-state index contributed by atoms with van der Waals surface area (Å²) in [6, 6.07) is 15.9. The number of aromatic nitrogens is 3. The Kier molecular flexibility index (Phi) is 7.57. The van der Waals surface area contributed by atoms with Crippen molar-refractivity contribution < 1.29 is 9.53 Å². The summed E-state index contributed by atoms with van der Waals surface area (Å²) in [5.74, 6) is 0.715. The van der Waals surface area contributed by atoms with Gasteiger partial charge in [-0.15, -0.1) is 0 Å². The third-order valence-corrected chi connectivity index (χ3v) is 6.83. The highest BCUT2D eigenvalue weighted by atomic mass is 16.5. The minimum absolute atomic E-state index is 0.0101. The summed E-state index contributed by atoms with van der Waals surface area (Å²) < 4.78 is 5.98. The van der Waals surface area contributed by atoms with Gasteiger partial charge in [0.05, 0.1) is 18.3 Å². The fourth-order valence-electron chi connectivity index (χ4n) is 4.91. The first-order chi connectivity index (χ1) is 17.7. The number of hydrogen-bond donors (Lipinski definition) is 1. The number of fused-ring (bicyclic) bond motifs is 1. The lowest BCUT2D eigenvalue weighted by atomic mass is 10.0. The number of likely N-dealkylation sites (tertiary alicyclic amines) is 1. The van der Waals surface area contributed by atoms with Crippen LogP contribution < -0.4 is 4.74 Å². The molecule has 0 radical (unpaired) electrons. The molecular formula is C29H33N5O2. The Morgan fingerprint density at radius 1 is 1.06 bits per heavy atom. The van der Waals surface area contributed by atoms with Crippen LogP contribution in [-0.4, -0.2) is 63.7 Å². The van der Waals surface area contributed by atoms with Gasteiger partial charge in [0.2, 0.25) is 0 Å². The Balaban J connectivity index is 1.44. The third-order valence-electron chi connectivity index (χ3n) is 6.83. The molecule has 186 valence electrons. The Hall–Kier alpha value is -3.71. The molecule has 1 amide bonds. The van der Waals surface area contributed by atoms with Crippen LogP contribution in [-0.2, 0) is 6.54 Å². The highest BCUT2D eigenvalue weighted by Gasteiger charge is 2.21. The summed E-state index contributed by atoms with van der Waals surface area (Å²) in [5, 5.41) is 8.19. The molecule has 2 aromatic carbocycles. The Bertz CT molecular complexity index is 1300. The highest BCUT2D eigenvalue weighted by Crippen LogP contribution is 2.31. The maximum Gasteiger partial charge on any atom is 0.254 e. The molecular weight excluding hydrogens is 450 g/mol. The predicted octanol–water partition coefficient (Wildman–Crippen LogP) is 5.15. The first-order valence-corrected chi connectivity index (χ1v) is 12.8. The fraction of sp³-hybridized carbons (Fsp3) is 0.345. The summed E-state index contributed by atoms with van der Waals surface area (Å²) in [6.07, 6.45) is 9.13. The molecule has 1 aliphatic rings. The van der Waals surface area contributed by atoms with E-state index in [9.17, 15) is 4.79 Å². The van der Waals surface area contributed by atoms with E-state index in [1.807, 2.05) is 54.4 Å². The van der Waals surface area contributed by atoms with Crippen LogP contribution in [0.25, 0.3) is 22.0 Å². The molecule has 0 aliphatic carbocycles. The SMILES string of the molecule is CCOc1cc(C(=O)N(CCN2CCCCC2)Cc2cncc3cn[nH]c23)ccc1-c1ccccc1. The fourth-order valence-corrected chi connectivity index (χ4v) is 4.91. The average molecular weight is 484 g/mol. The largest absolute Gasteiger partial charge is 0.493 e. The van der Waals surface area contributed by atoms with Crippen molar-refractivity contribution in [3.05, 3.63) is 78.2 Å². The summed E-state index contributed by atoms with van der Waals surface area (Å²) in [6.45, 7) is 6.66. The number of carbonyl (C=O) groups excluding carboxylic acids is 1. The lowest BCUT2D eigenvalue weighted by Crippen LogP contribution is -2.40. The first-order valence-electron chi connectivity index (χ1n) is 12.8. The third kappa shape index (κ3) is 5.41. The van der Waals surface area contributed by atoms with Gasteiger partial charge in [0, 0.05) is 54.1 Å². The van der Waals surface area contributed by atoms with Crippen LogP contribution in [0.5, 0.6) is 5.75 Å². The van der Waals surface area contributed by atoms with E-state index in [2.05, 4.69) is 32.2 Å². The molecule has 1 fully saturated rings. The average Bonchev–Trinajstić information content (AvgIpc) is 3.42. The molecule has 5 rings (SSSR count). The summed E-state index contributed by atoms with van der Waals surface area (Å²) in [4.78, 5) is 22.7. The molecule has 36 heavy (non-hydrogen) atoms. The Morgan fingerprint density at radius 2 is 1.89 bits per heavy atom. The monoisotopic (exact) mass is 483 g/mol. The van der Waals surface area contributed by atoms with Crippen molar-refractivity contribution in [3.63, 3.8) is 0 Å². The van der Waals surface area contributed by atoms with Crippen molar-refractivity contribution in [2.75, 3.05) is 32.8 Å². The van der Waals surface area contributed by atoms with Gasteiger partial charge < -0.3 is 14.5 Å². The number of amides is 1. The van der Waals surface area contributed by atoms with E-state index in [-0.39, 0.29) is 5.91 Å². The van der Waals surface area contributed by atoms with Crippen molar-refractivity contribution in [1.82, 2.24) is 25.0 Å². The van der Waals surface area contributed by atoms with E-state index in [4.69, 9.17) is 4.74 Å². The molecule has 0 saturated carbocycles. The van der Waals surface area contributed by atoms with Gasteiger partial charge in [-0.3, -0.25) is 14.9 Å². The minimum Gasteiger partial charge on any atom is -0.493 e. The van der Waals surface area contributed by atoms with E-state index in [1.165, 1.54) is 19.3 Å². The molecule has 1 saturated heterocycles. The number of rotatable bonds is 9. The second-order valence-electron chi connectivity index (χ2n) is 9.27. The zero-order valence-corrected chi connectivity index (χ0v) is 20.8. The smallest absolute Gasteiger partial charge is 0.254 e. The number of hydrogen-bond acceptors (Lipinski definition) is 5. The lowest BCUT2D eigenvalue weighted by molar-refractivity contribution is 0.0715. The molecule has 7 nitrogen and oxygen atoms in total. The summed E-state index contributed by atoms with van der Waals surface area (Å²) >= 11 is 0. The Morgan fingerprint density at radius 3 is 2.69 bits per heavy atom. The normalized spacial score (nSPS) is 14.1. The number of benzene rings is 2. The summed E-state index contributed by atoms with van der Waals surface area (Å²) in [5.41, 5.74) is 4.57. The van der Waals surface area contributed by atoms with E-state index in [0.717, 1.165) is 53.0 Å². The van der Waals surface area contributed by atoms with Crippen LogP contribution in [0, 0.1) is 0 Å². The van der Waals surface area contributed by atoms with Crippen LogP contribution in [0.1, 0.15) is 42.1 Å². The maximum absolute atomic E-state index is 13.9. The van der Waals surface area contributed by atoms with Crippen LogP contribution >= 0.6 is 0 Å². The molecule has 0 atom stereocenters. The van der Waals surface area contributed by atoms with E-state index in [0.29, 0.717) is 25.3 Å². The zero-order valence-electron chi connectivity index (χ0n) is 20.8. The van der Waals surface area contributed by atoms with Gasteiger partial charge in [0.1, 0.15) is 5.75 Å². The number of ether oxygens (including phenoxy) is 1. The van der Waals surface area contributed by atoms with Crippen molar-refractivity contribution in [3.8, 4) is 16.9 Å². The second kappa shape index (κ2) is 11.4. The molecule has 0 unspecified atom stereocenters. The molecule has 1 aliphatic heterocycles. The van der Waals surface area contributed by atoms with E-state index in [1.54, 1.807) is 12.4 Å². The Labute approximate surface area is 212 Å². The van der Waals surface area contributed by atoms with Crippen molar-refractivity contribution in [2.45, 2.75) is 32.7 Å². The van der Waals surface area contributed by atoms with Gasteiger partial charge >= 0.3 is 0 Å². The van der Waals surface area contributed by atoms with Crippen LogP contribution in [0.4, 0.5) is 0 Å². The van der Waals surface area contributed by atoms with Gasteiger partial charge in [0.25, 0.3) is 5.91 Å². The number of nitrogens with zero attached hydrogens (tertiary/aromatic N) is 4. The number of nitrogens with one attached hydrogen (secondary N) is 1. The van der Waals surface area contributed by atoms with Crippen LogP contribution in [0.3, 0.4) is 0 Å². The van der Waals surface area contributed by atoms with Crippen molar-refractivity contribution in [1.29, 1.82) is 0 Å². The van der Waals surface area contributed by atoms with Gasteiger partial charge in [-0.2, -0.15) is 5.10 Å².